The first-order valence-electron chi connectivity index (χ1n) is 6.87. The van der Waals surface area contributed by atoms with Crippen LogP contribution >= 0.6 is 0 Å². The van der Waals surface area contributed by atoms with Crippen molar-refractivity contribution in [3.05, 3.63) is 30.5 Å². The Morgan fingerprint density at radius 3 is 3.05 bits per heavy atom. The second kappa shape index (κ2) is 4.70. The average Bonchev–Trinajstić information content (AvgIpc) is 3.07. The molecular weight excluding hydrogens is 238 g/mol. The molecule has 1 unspecified atom stereocenters. The Kier molecular flexibility index (Phi) is 3.03. The number of amides is 1. The summed E-state index contributed by atoms with van der Waals surface area (Å²) in [5, 5.41) is 7.51. The van der Waals surface area contributed by atoms with E-state index < -0.39 is 0 Å². The largest absolute Gasteiger partial charge is 0.361 e. The summed E-state index contributed by atoms with van der Waals surface area (Å²) in [7, 11) is 0. The van der Waals surface area contributed by atoms with Crippen LogP contribution in [-0.4, -0.2) is 23.0 Å². The van der Waals surface area contributed by atoms with Gasteiger partial charge in [-0.05, 0) is 50.1 Å². The maximum absolute atomic E-state index is 12.5. The van der Waals surface area contributed by atoms with Crippen LogP contribution in [0.3, 0.4) is 0 Å². The minimum atomic E-state index is -0.382. The molecule has 1 atom stereocenters. The lowest BCUT2D eigenvalue weighted by atomic mass is 9.93. The SMILES string of the molecule is CCC1(C(=O)Nc2ccc3[nH]ccc3c2)CCCN1. The number of fused-ring (bicyclic) bond motifs is 1. The lowest BCUT2D eigenvalue weighted by Gasteiger charge is -2.26. The molecule has 0 saturated carbocycles. The quantitative estimate of drug-likeness (QED) is 0.791. The molecule has 0 spiro atoms. The number of hydrogen-bond donors (Lipinski definition) is 3. The highest BCUT2D eigenvalue weighted by molar-refractivity contribution is 5.99. The van der Waals surface area contributed by atoms with Crippen molar-refractivity contribution in [2.45, 2.75) is 31.7 Å². The summed E-state index contributed by atoms with van der Waals surface area (Å²) in [6, 6.07) is 7.94. The summed E-state index contributed by atoms with van der Waals surface area (Å²) >= 11 is 0. The van der Waals surface area contributed by atoms with Gasteiger partial charge in [0.2, 0.25) is 5.91 Å². The van der Waals surface area contributed by atoms with Gasteiger partial charge in [0.1, 0.15) is 0 Å². The van der Waals surface area contributed by atoms with Gasteiger partial charge < -0.3 is 15.6 Å². The maximum Gasteiger partial charge on any atom is 0.244 e. The first kappa shape index (κ1) is 12.2. The van der Waals surface area contributed by atoms with E-state index in [1.165, 1.54) is 0 Å². The van der Waals surface area contributed by atoms with E-state index in [4.69, 9.17) is 0 Å². The molecule has 4 nitrogen and oxygen atoms in total. The zero-order chi connectivity index (χ0) is 13.3. The highest BCUT2D eigenvalue weighted by Gasteiger charge is 2.38. The fourth-order valence-corrected chi connectivity index (χ4v) is 2.84. The molecule has 19 heavy (non-hydrogen) atoms. The number of carbonyl (C=O) groups excluding carboxylic acids is 1. The van der Waals surface area contributed by atoms with Crippen molar-refractivity contribution in [3.8, 4) is 0 Å². The zero-order valence-electron chi connectivity index (χ0n) is 11.1. The minimum Gasteiger partial charge on any atom is -0.361 e. The van der Waals surface area contributed by atoms with Gasteiger partial charge >= 0.3 is 0 Å². The first-order valence-corrected chi connectivity index (χ1v) is 6.87. The third kappa shape index (κ3) is 2.12. The number of benzene rings is 1. The molecule has 0 radical (unpaired) electrons. The normalized spacial score (nSPS) is 22.8. The molecule has 0 bridgehead atoms. The van der Waals surface area contributed by atoms with E-state index in [-0.39, 0.29) is 11.4 Å². The number of carbonyl (C=O) groups is 1. The van der Waals surface area contributed by atoms with Gasteiger partial charge in [-0.25, -0.2) is 0 Å². The second-order valence-corrected chi connectivity index (χ2v) is 5.20. The lowest BCUT2D eigenvalue weighted by Crippen LogP contribution is -2.50. The topological polar surface area (TPSA) is 56.9 Å². The Morgan fingerprint density at radius 2 is 2.32 bits per heavy atom. The highest BCUT2D eigenvalue weighted by atomic mass is 16.2. The molecule has 1 aromatic heterocycles. The number of aromatic nitrogens is 1. The predicted octanol–water partition coefficient (Wildman–Crippen LogP) is 2.64. The molecule has 2 aromatic rings. The summed E-state index contributed by atoms with van der Waals surface area (Å²) in [6.07, 6.45) is 4.72. The van der Waals surface area contributed by atoms with Crippen molar-refractivity contribution in [2.24, 2.45) is 0 Å². The predicted molar refractivity (Wildman–Crippen MR) is 77.2 cm³/mol. The smallest absolute Gasteiger partial charge is 0.244 e. The number of anilines is 1. The van der Waals surface area contributed by atoms with Gasteiger partial charge in [0.25, 0.3) is 0 Å². The summed E-state index contributed by atoms with van der Waals surface area (Å²) in [5.41, 5.74) is 1.56. The molecule has 3 N–H and O–H groups in total. The van der Waals surface area contributed by atoms with Crippen molar-refractivity contribution in [1.29, 1.82) is 0 Å². The van der Waals surface area contributed by atoms with Crippen molar-refractivity contribution in [3.63, 3.8) is 0 Å². The Labute approximate surface area is 112 Å². The Morgan fingerprint density at radius 1 is 1.42 bits per heavy atom. The number of hydrogen-bond acceptors (Lipinski definition) is 2. The Bertz CT molecular complexity index is 596. The van der Waals surface area contributed by atoms with Crippen LogP contribution < -0.4 is 10.6 Å². The van der Waals surface area contributed by atoms with E-state index in [2.05, 4.69) is 22.5 Å². The molecule has 1 aliphatic rings. The zero-order valence-corrected chi connectivity index (χ0v) is 11.1. The van der Waals surface area contributed by atoms with E-state index in [0.29, 0.717) is 0 Å². The van der Waals surface area contributed by atoms with Gasteiger partial charge in [-0.3, -0.25) is 4.79 Å². The number of nitrogens with one attached hydrogen (secondary N) is 3. The molecule has 0 aliphatic carbocycles. The van der Waals surface area contributed by atoms with Crippen molar-refractivity contribution in [2.75, 3.05) is 11.9 Å². The van der Waals surface area contributed by atoms with E-state index in [0.717, 1.165) is 42.4 Å². The van der Waals surface area contributed by atoms with E-state index in [9.17, 15) is 4.79 Å². The van der Waals surface area contributed by atoms with Crippen LogP contribution in [0.25, 0.3) is 10.9 Å². The Hall–Kier alpha value is -1.81. The minimum absolute atomic E-state index is 0.0855. The third-order valence-corrected chi connectivity index (χ3v) is 4.09. The van der Waals surface area contributed by atoms with Gasteiger partial charge in [0.15, 0.2) is 0 Å². The average molecular weight is 257 g/mol. The monoisotopic (exact) mass is 257 g/mol. The summed E-state index contributed by atoms with van der Waals surface area (Å²) in [6.45, 7) is 2.99. The molecule has 3 rings (SSSR count). The molecule has 1 saturated heterocycles. The first-order chi connectivity index (χ1) is 9.23. The summed E-state index contributed by atoms with van der Waals surface area (Å²) in [4.78, 5) is 15.6. The van der Waals surface area contributed by atoms with Crippen LogP contribution in [0.5, 0.6) is 0 Å². The number of rotatable bonds is 3. The van der Waals surface area contributed by atoms with E-state index in [1.807, 2.05) is 30.5 Å². The van der Waals surface area contributed by atoms with Gasteiger partial charge in [0.05, 0.1) is 5.54 Å². The molecule has 100 valence electrons. The highest BCUT2D eigenvalue weighted by Crippen LogP contribution is 2.25. The van der Waals surface area contributed by atoms with Crippen molar-refractivity contribution < 1.29 is 4.79 Å². The van der Waals surface area contributed by atoms with Gasteiger partial charge in [-0.15, -0.1) is 0 Å². The molecule has 1 aliphatic heterocycles. The summed E-state index contributed by atoms with van der Waals surface area (Å²) < 4.78 is 0. The molecule has 4 heteroatoms. The second-order valence-electron chi connectivity index (χ2n) is 5.20. The van der Waals surface area contributed by atoms with Crippen molar-refractivity contribution >= 4 is 22.5 Å². The third-order valence-electron chi connectivity index (χ3n) is 4.09. The molecular formula is C15H19N3O. The lowest BCUT2D eigenvalue weighted by molar-refractivity contribution is -0.122. The van der Waals surface area contributed by atoms with Gasteiger partial charge in [-0.1, -0.05) is 6.92 Å². The van der Waals surface area contributed by atoms with Crippen LogP contribution in [0.2, 0.25) is 0 Å². The summed E-state index contributed by atoms with van der Waals surface area (Å²) in [5.74, 6) is 0.0855. The maximum atomic E-state index is 12.5. The van der Waals surface area contributed by atoms with E-state index in [1.54, 1.807) is 0 Å². The van der Waals surface area contributed by atoms with Crippen LogP contribution in [-0.2, 0) is 4.79 Å². The standard InChI is InChI=1S/C15H19N3O/c1-2-15(7-3-8-17-15)14(19)18-12-4-5-13-11(10-12)6-9-16-13/h4-6,9-10,16-17H,2-3,7-8H2,1H3,(H,18,19). The molecule has 1 fully saturated rings. The van der Waals surface area contributed by atoms with Crippen LogP contribution in [0.1, 0.15) is 26.2 Å². The van der Waals surface area contributed by atoms with Crippen LogP contribution in [0.15, 0.2) is 30.5 Å². The Balaban J connectivity index is 1.81. The number of H-pyrrole nitrogens is 1. The van der Waals surface area contributed by atoms with Crippen LogP contribution in [0.4, 0.5) is 5.69 Å². The molecule has 1 aromatic carbocycles. The number of aromatic amines is 1. The fraction of sp³-hybridized carbons (Fsp3) is 0.400. The van der Waals surface area contributed by atoms with Gasteiger partial charge in [0, 0.05) is 22.8 Å². The van der Waals surface area contributed by atoms with Crippen molar-refractivity contribution in [1.82, 2.24) is 10.3 Å². The molecule has 2 heterocycles. The van der Waals surface area contributed by atoms with Gasteiger partial charge in [-0.2, -0.15) is 0 Å². The molecule has 1 amide bonds. The van der Waals surface area contributed by atoms with E-state index >= 15 is 0 Å². The fourth-order valence-electron chi connectivity index (χ4n) is 2.84. The van der Waals surface area contributed by atoms with Crippen LogP contribution in [0, 0.1) is 0 Å².